The molecule has 14 heavy (non-hydrogen) atoms. The minimum atomic E-state index is 1.13. The van der Waals surface area contributed by atoms with E-state index in [-0.39, 0.29) is 0 Å². The largest absolute Gasteiger partial charge is 0.354 e. The number of nitrogens with one attached hydrogen (secondary N) is 1. The first kappa shape index (κ1) is 7.94. The Hall–Kier alpha value is -1.41. The molecular formula is C12H7NS. The van der Waals surface area contributed by atoms with Gasteiger partial charge in [0.15, 0.2) is 0 Å². The first-order valence-electron chi connectivity index (χ1n) is 4.38. The van der Waals surface area contributed by atoms with Gasteiger partial charge >= 0.3 is 0 Å². The van der Waals surface area contributed by atoms with Crippen LogP contribution in [-0.2, 0) is 0 Å². The second-order valence-electron chi connectivity index (χ2n) is 3.07. The van der Waals surface area contributed by atoms with Crippen molar-refractivity contribution < 1.29 is 0 Å². The summed E-state index contributed by atoms with van der Waals surface area (Å²) in [4.78, 5) is 2.50. The quantitative estimate of drug-likeness (QED) is 0.592. The molecule has 2 aromatic carbocycles. The summed E-state index contributed by atoms with van der Waals surface area (Å²) in [6.07, 6.45) is 0. The highest BCUT2D eigenvalue weighted by Gasteiger charge is 2.13. The Morgan fingerprint density at radius 3 is 2.07 bits per heavy atom. The number of rotatable bonds is 0. The Bertz CT molecular complexity index is 392. The SMILES string of the molecule is [c]1ccc2c(c1)Nc1c[c]ccc1S2. The molecule has 1 N–H and O–H groups in total. The van der Waals surface area contributed by atoms with Gasteiger partial charge in [0.1, 0.15) is 0 Å². The third-order valence-corrected chi connectivity index (χ3v) is 3.29. The molecule has 0 saturated carbocycles. The normalized spacial score (nSPS) is 12.6. The highest BCUT2D eigenvalue weighted by Crippen LogP contribution is 2.43. The summed E-state index contributed by atoms with van der Waals surface area (Å²) in [5.41, 5.74) is 2.26. The van der Waals surface area contributed by atoms with Crippen LogP contribution in [0.25, 0.3) is 0 Å². The summed E-state index contributed by atoms with van der Waals surface area (Å²) in [6.45, 7) is 0. The van der Waals surface area contributed by atoms with Gasteiger partial charge < -0.3 is 5.32 Å². The van der Waals surface area contributed by atoms with E-state index in [0.717, 1.165) is 11.4 Å². The van der Waals surface area contributed by atoms with Crippen LogP contribution in [0.15, 0.2) is 46.2 Å². The van der Waals surface area contributed by atoms with Crippen LogP contribution in [0.4, 0.5) is 11.4 Å². The predicted octanol–water partition coefficient (Wildman–Crippen LogP) is 3.50. The molecule has 2 radical (unpaired) electrons. The fraction of sp³-hybridized carbons (Fsp3) is 0. The first-order chi connectivity index (χ1) is 6.93. The van der Waals surface area contributed by atoms with Crippen LogP contribution in [0.3, 0.4) is 0 Å². The van der Waals surface area contributed by atoms with Gasteiger partial charge in [0.2, 0.25) is 0 Å². The minimum absolute atomic E-state index is 1.13. The summed E-state index contributed by atoms with van der Waals surface area (Å²) in [7, 11) is 0. The van der Waals surface area contributed by atoms with Crippen LogP contribution in [0.5, 0.6) is 0 Å². The Morgan fingerprint density at radius 2 is 1.50 bits per heavy atom. The van der Waals surface area contributed by atoms with Crippen LogP contribution in [0.2, 0.25) is 0 Å². The maximum Gasteiger partial charge on any atom is 0.0532 e. The van der Waals surface area contributed by atoms with Crippen LogP contribution < -0.4 is 5.32 Å². The molecule has 0 spiro atoms. The van der Waals surface area contributed by atoms with E-state index in [0.29, 0.717) is 0 Å². The molecule has 1 aliphatic rings. The van der Waals surface area contributed by atoms with Crippen molar-refractivity contribution >= 4 is 23.1 Å². The van der Waals surface area contributed by atoms with Gasteiger partial charge in [-0.1, -0.05) is 23.9 Å². The number of hydrogen-bond donors (Lipinski definition) is 1. The average molecular weight is 197 g/mol. The van der Waals surface area contributed by atoms with E-state index < -0.39 is 0 Å². The van der Waals surface area contributed by atoms with E-state index >= 15 is 0 Å². The van der Waals surface area contributed by atoms with E-state index in [1.807, 2.05) is 24.3 Å². The molecule has 0 aromatic heterocycles. The molecule has 0 bridgehead atoms. The van der Waals surface area contributed by atoms with Gasteiger partial charge in [-0.25, -0.2) is 0 Å². The molecule has 2 heteroatoms. The Kier molecular flexibility index (Phi) is 1.74. The van der Waals surface area contributed by atoms with E-state index in [1.54, 1.807) is 11.8 Å². The Balaban J connectivity index is 2.12. The summed E-state index contributed by atoms with van der Waals surface area (Å²) in [6, 6.07) is 18.1. The van der Waals surface area contributed by atoms with Gasteiger partial charge in [0.05, 0.1) is 11.4 Å². The van der Waals surface area contributed by atoms with Gasteiger partial charge in [-0.3, -0.25) is 0 Å². The Labute approximate surface area is 87.2 Å². The molecule has 0 atom stereocenters. The third kappa shape index (κ3) is 1.19. The number of hydrogen-bond acceptors (Lipinski definition) is 2. The summed E-state index contributed by atoms with van der Waals surface area (Å²) in [5, 5.41) is 3.36. The molecule has 1 aliphatic heterocycles. The van der Waals surface area contributed by atoms with Crippen molar-refractivity contribution in [2.45, 2.75) is 9.79 Å². The topological polar surface area (TPSA) is 12.0 Å². The van der Waals surface area contributed by atoms with Crippen molar-refractivity contribution in [3.8, 4) is 0 Å². The third-order valence-electron chi connectivity index (χ3n) is 2.14. The zero-order valence-electron chi connectivity index (χ0n) is 7.37. The fourth-order valence-electron chi connectivity index (χ4n) is 1.47. The van der Waals surface area contributed by atoms with Crippen LogP contribution in [-0.4, -0.2) is 0 Å². The molecule has 0 amide bonds. The summed E-state index contributed by atoms with van der Waals surface area (Å²) < 4.78 is 0. The Morgan fingerprint density at radius 1 is 0.929 bits per heavy atom. The molecule has 3 rings (SSSR count). The molecule has 0 aliphatic carbocycles. The molecule has 0 fully saturated rings. The van der Waals surface area contributed by atoms with Crippen molar-refractivity contribution in [2.75, 3.05) is 5.32 Å². The number of fused-ring (bicyclic) bond motifs is 2. The molecule has 0 saturated heterocycles. The van der Waals surface area contributed by atoms with Crippen molar-refractivity contribution in [3.63, 3.8) is 0 Å². The van der Waals surface area contributed by atoms with Gasteiger partial charge in [0, 0.05) is 9.79 Å². The molecule has 0 unspecified atom stereocenters. The van der Waals surface area contributed by atoms with E-state index in [2.05, 4.69) is 29.6 Å². The lowest BCUT2D eigenvalue weighted by molar-refractivity contribution is 1.31. The highest BCUT2D eigenvalue weighted by atomic mass is 32.2. The first-order valence-corrected chi connectivity index (χ1v) is 5.20. The van der Waals surface area contributed by atoms with Crippen molar-refractivity contribution in [1.82, 2.24) is 0 Å². The van der Waals surface area contributed by atoms with E-state index in [4.69, 9.17) is 0 Å². The zero-order valence-corrected chi connectivity index (χ0v) is 8.19. The van der Waals surface area contributed by atoms with Crippen molar-refractivity contribution in [3.05, 3.63) is 48.5 Å². The zero-order chi connectivity index (χ0) is 9.38. The van der Waals surface area contributed by atoms with Gasteiger partial charge in [0.25, 0.3) is 0 Å². The molecule has 2 aromatic rings. The molecular weight excluding hydrogens is 190 g/mol. The lowest BCUT2D eigenvalue weighted by atomic mass is 10.2. The van der Waals surface area contributed by atoms with Crippen molar-refractivity contribution in [1.29, 1.82) is 0 Å². The van der Waals surface area contributed by atoms with Crippen LogP contribution >= 0.6 is 11.8 Å². The number of anilines is 2. The van der Waals surface area contributed by atoms with E-state index in [9.17, 15) is 0 Å². The van der Waals surface area contributed by atoms with Gasteiger partial charge in [-0.2, -0.15) is 0 Å². The highest BCUT2D eigenvalue weighted by molar-refractivity contribution is 7.99. The van der Waals surface area contributed by atoms with Gasteiger partial charge in [-0.05, 0) is 36.4 Å². The lowest BCUT2D eigenvalue weighted by Crippen LogP contribution is -1.98. The van der Waals surface area contributed by atoms with Crippen LogP contribution in [0.1, 0.15) is 0 Å². The van der Waals surface area contributed by atoms with Crippen molar-refractivity contribution in [2.24, 2.45) is 0 Å². The predicted molar refractivity (Wildman–Crippen MR) is 58.0 cm³/mol. The maximum atomic E-state index is 3.36. The smallest absolute Gasteiger partial charge is 0.0532 e. The molecule has 1 nitrogen and oxygen atoms in total. The van der Waals surface area contributed by atoms with E-state index in [1.165, 1.54) is 9.79 Å². The average Bonchev–Trinajstić information content (AvgIpc) is 2.26. The summed E-state index contributed by atoms with van der Waals surface area (Å²) >= 11 is 1.78. The second kappa shape index (κ2) is 3.07. The number of benzene rings is 2. The molecule has 66 valence electrons. The second-order valence-corrected chi connectivity index (χ2v) is 4.16. The van der Waals surface area contributed by atoms with Gasteiger partial charge in [-0.15, -0.1) is 0 Å². The minimum Gasteiger partial charge on any atom is -0.354 e. The standard InChI is InChI=1S/C12H7NS/c1-3-7-11-9(5-1)13-10-6-2-4-8-12(10)14-11/h3-8,13H. The lowest BCUT2D eigenvalue weighted by Gasteiger charge is -2.19. The maximum absolute atomic E-state index is 3.36. The fourth-order valence-corrected chi connectivity index (χ4v) is 2.42. The van der Waals surface area contributed by atoms with Crippen LogP contribution in [0, 0.1) is 12.1 Å². The summed E-state index contributed by atoms with van der Waals surface area (Å²) in [5.74, 6) is 0. The molecule has 1 heterocycles. The monoisotopic (exact) mass is 197 g/mol.